The third-order valence-electron chi connectivity index (χ3n) is 3.57. The summed E-state index contributed by atoms with van der Waals surface area (Å²) in [7, 11) is 0. The van der Waals surface area contributed by atoms with Gasteiger partial charge in [-0.05, 0) is 12.8 Å². The highest BCUT2D eigenvalue weighted by molar-refractivity contribution is 7.09. The Morgan fingerprint density at radius 3 is 2.68 bits per heavy atom. The maximum absolute atomic E-state index is 11.9. The number of rotatable bonds is 4. The van der Waals surface area contributed by atoms with Crippen molar-refractivity contribution in [3.63, 3.8) is 0 Å². The summed E-state index contributed by atoms with van der Waals surface area (Å²) in [4.78, 5) is 16.1. The number of nitrogens with two attached hydrogens (primary N) is 1. The SMILES string of the molecule is NCc1nc(C(=O)NCC2(O)CCCCCC2)cs1. The Balaban J connectivity index is 1.88. The molecule has 5 nitrogen and oxygen atoms in total. The summed E-state index contributed by atoms with van der Waals surface area (Å²) in [6.45, 7) is 0.656. The van der Waals surface area contributed by atoms with Gasteiger partial charge in [0, 0.05) is 18.5 Å². The summed E-state index contributed by atoms with van der Waals surface area (Å²) < 4.78 is 0. The molecule has 1 aromatic rings. The summed E-state index contributed by atoms with van der Waals surface area (Å²) >= 11 is 1.38. The van der Waals surface area contributed by atoms with Gasteiger partial charge in [-0.25, -0.2) is 4.98 Å². The molecule has 1 amide bonds. The third kappa shape index (κ3) is 3.99. The Bertz CT molecular complexity index is 425. The van der Waals surface area contributed by atoms with Gasteiger partial charge in [0.1, 0.15) is 10.7 Å². The highest BCUT2D eigenvalue weighted by Gasteiger charge is 2.28. The Kier molecular flexibility index (Phi) is 4.90. The van der Waals surface area contributed by atoms with Crippen LogP contribution in [0.2, 0.25) is 0 Å². The van der Waals surface area contributed by atoms with Crippen molar-refractivity contribution in [2.75, 3.05) is 6.54 Å². The van der Waals surface area contributed by atoms with Gasteiger partial charge in [-0.2, -0.15) is 0 Å². The molecular formula is C13H21N3O2S. The van der Waals surface area contributed by atoms with Gasteiger partial charge in [-0.3, -0.25) is 4.79 Å². The molecule has 1 saturated carbocycles. The minimum Gasteiger partial charge on any atom is -0.388 e. The number of thiazole rings is 1. The molecule has 0 unspecified atom stereocenters. The predicted molar refractivity (Wildman–Crippen MR) is 75.0 cm³/mol. The Labute approximate surface area is 117 Å². The van der Waals surface area contributed by atoms with E-state index in [1.54, 1.807) is 5.38 Å². The second-order valence-corrected chi connectivity index (χ2v) is 6.09. The lowest BCUT2D eigenvalue weighted by Crippen LogP contribution is -2.42. The van der Waals surface area contributed by atoms with Crippen LogP contribution in [-0.4, -0.2) is 28.1 Å². The average molecular weight is 283 g/mol. The van der Waals surface area contributed by atoms with Crippen LogP contribution >= 0.6 is 11.3 Å². The fourth-order valence-corrected chi connectivity index (χ4v) is 3.06. The van der Waals surface area contributed by atoms with Crippen molar-refractivity contribution in [1.82, 2.24) is 10.3 Å². The Morgan fingerprint density at radius 2 is 2.11 bits per heavy atom. The number of aliphatic hydroxyl groups is 1. The molecule has 0 aliphatic heterocycles. The summed E-state index contributed by atoms with van der Waals surface area (Å²) in [5.74, 6) is -0.228. The number of aromatic nitrogens is 1. The van der Waals surface area contributed by atoms with Crippen molar-refractivity contribution >= 4 is 17.2 Å². The number of carbonyl (C=O) groups excluding carboxylic acids is 1. The van der Waals surface area contributed by atoms with E-state index in [9.17, 15) is 9.90 Å². The topological polar surface area (TPSA) is 88.2 Å². The van der Waals surface area contributed by atoms with Crippen LogP contribution < -0.4 is 11.1 Å². The van der Waals surface area contributed by atoms with Crippen molar-refractivity contribution in [2.24, 2.45) is 5.73 Å². The lowest BCUT2D eigenvalue weighted by atomic mass is 9.94. The van der Waals surface area contributed by atoms with E-state index in [0.717, 1.165) is 30.7 Å². The summed E-state index contributed by atoms with van der Waals surface area (Å²) in [5, 5.41) is 15.7. The average Bonchev–Trinajstić information content (AvgIpc) is 2.79. The van der Waals surface area contributed by atoms with E-state index in [1.165, 1.54) is 24.2 Å². The molecule has 0 spiro atoms. The molecule has 0 atom stereocenters. The first-order valence-corrected chi connectivity index (χ1v) is 7.66. The summed E-state index contributed by atoms with van der Waals surface area (Å²) in [5.41, 5.74) is 5.11. The van der Waals surface area contributed by atoms with E-state index in [0.29, 0.717) is 18.8 Å². The van der Waals surface area contributed by atoms with Crippen LogP contribution in [0.1, 0.15) is 54.0 Å². The molecule has 1 fully saturated rings. The number of hydrogen-bond donors (Lipinski definition) is 3. The van der Waals surface area contributed by atoms with Crippen molar-refractivity contribution < 1.29 is 9.90 Å². The molecule has 1 aromatic heterocycles. The van der Waals surface area contributed by atoms with E-state index in [4.69, 9.17) is 5.73 Å². The van der Waals surface area contributed by atoms with Gasteiger partial charge in [-0.15, -0.1) is 11.3 Å². The van der Waals surface area contributed by atoms with E-state index < -0.39 is 5.60 Å². The van der Waals surface area contributed by atoms with Gasteiger partial charge in [0.2, 0.25) is 0 Å². The van der Waals surface area contributed by atoms with Crippen LogP contribution in [0.3, 0.4) is 0 Å². The van der Waals surface area contributed by atoms with Crippen molar-refractivity contribution in [2.45, 2.75) is 50.7 Å². The lowest BCUT2D eigenvalue weighted by Gasteiger charge is -2.26. The van der Waals surface area contributed by atoms with Gasteiger partial charge in [-0.1, -0.05) is 25.7 Å². The molecule has 1 heterocycles. The fourth-order valence-electron chi connectivity index (χ4n) is 2.41. The molecule has 4 N–H and O–H groups in total. The monoisotopic (exact) mass is 283 g/mol. The normalized spacial score (nSPS) is 18.8. The number of amides is 1. The predicted octanol–water partition coefficient (Wildman–Crippen LogP) is 1.42. The first kappa shape index (κ1) is 14.4. The Morgan fingerprint density at radius 1 is 1.42 bits per heavy atom. The molecule has 0 aromatic carbocycles. The maximum atomic E-state index is 11.9. The van der Waals surface area contributed by atoms with Gasteiger partial charge < -0.3 is 16.2 Å². The molecule has 106 valence electrons. The first-order chi connectivity index (χ1) is 9.13. The number of carbonyl (C=O) groups is 1. The standard InChI is InChI=1S/C13H21N3O2S/c14-7-11-16-10(8-19-11)12(17)15-9-13(18)5-3-1-2-4-6-13/h8,18H,1-7,9,14H2,(H,15,17). The zero-order valence-electron chi connectivity index (χ0n) is 11.0. The van der Waals surface area contributed by atoms with Gasteiger partial charge >= 0.3 is 0 Å². The second kappa shape index (κ2) is 6.45. The summed E-state index contributed by atoms with van der Waals surface area (Å²) in [6, 6.07) is 0. The molecule has 0 bridgehead atoms. The van der Waals surface area contributed by atoms with Gasteiger partial charge in [0.05, 0.1) is 5.60 Å². The largest absolute Gasteiger partial charge is 0.388 e. The van der Waals surface area contributed by atoms with E-state index >= 15 is 0 Å². The minimum atomic E-state index is -0.751. The smallest absolute Gasteiger partial charge is 0.270 e. The van der Waals surface area contributed by atoms with Crippen LogP contribution in [0, 0.1) is 0 Å². The van der Waals surface area contributed by atoms with E-state index in [2.05, 4.69) is 10.3 Å². The Hall–Kier alpha value is -0.980. The van der Waals surface area contributed by atoms with E-state index in [1.807, 2.05) is 0 Å². The van der Waals surface area contributed by atoms with Crippen LogP contribution in [0.5, 0.6) is 0 Å². The molecule has 2 rings (SSSR count). The third-order valence-corrected chi connectivity index (χ3v) is 4.44. The van der Waals surface area contributed by atoms with Crippen LogP contribution in [0.15, 0.2) is 5.38 Å². The van der Waals surface area contributed by atoms with Crippen molar-refractivity contribution in [1.29, 1.82) is 0 Å². The zero-order valence-corrected chi connectivity index (χ0v) is 11.8. The number of nitrogens with zero attached hydrogens (tertiary/aromatic N) is 1. The van der Waals surface area contributed by atoms with Gasteiger partial charge in [0.15, 0.2) is 0 Å². The molecule has 1 aliphatic carbocycles. The van der Waals surface area contributed by atoms with Crippen molar-refractivity contribution in [3.05, 3.63) is 16.1 Å². The van der Waals surface area contributed by atoms with Crippen LogP contribution in [0.4, 0.5) is 0 Å². The second-order valence-electron chi connectivity index (χ2n) is 5.15. The molecule has 19 heavy (non-hydrogen) atoms. The van der Waals surface area contributed by atoms with E-state index in [-0.39, 0.29) is 5.91 Å². The molecule has 0 radical (unpaired) electrons. The molecule has 1 aliphatic rings. The molecule has 6 heteroatoms. The fraction of sp³-hybridized carbons (Fsp3) is 0.692. The lowest BCUT2D eigenvalue weighted by molar-refractivity contribution is 0.0246. The van der Waals surface area contributed by atoms with Crippen molar-refractivity contribution in [3.8, 4) is 0 Å². The summed E-state index contributed by atoms with van der Waals surface area (Å²) in [6.07, 6.45) is 5.92. The number of hydrogen-bond acceptors (Lipinski definition) is 5. The first-order valence-electron chi connectivity index (χ1n) is 6.78. The van der Waals surface area contributed by atoms with Crippen LogP contribution in [-0.2, 0) is 6.54 Å². The molecule has 0 saturated heterocycles. The van der Waals surface area contributed by atoms with Gasteiger partial charge in [0.25, 0.3) is 5.91 Å². The molecular weight excluding hydrogens is 262 g/mol. The number of nitrogens with one attached hydrogen (secondary N) is 1. The maximum Gasteiger partial charge on any atom is 0.270 e. The minimum absolute atomic E-state index is 0.228. The van der Waals surface area contributed by atoms with Crippen LogP contribution in [0.25, 0.3) is 0 Å². The zero-order chi connectivity index (χ0) is 13.7. The highest BCUT2D eigenvalue weighted by Crippen LogP contribution is 2.26. The quantitative estimate of drug-likeness (QED) is 0.729. The highest BCUT2D eigenvalue weighted by atomic mass is 32.1.